The van der Waals surface area contributed by atoms with Crippen LogP contribution < -0.4 is 0 Å². The van der Waals surface area contributed by atoms with E-state index >= 15 is 0 Å². The number of carbonyl (C=O) groups excluding carboxylic acids is 2. The van der Waals surface area contributed by atoms with Crippen LogP contribution in [0.15, 0.2) is 35.6 Å². The Labute approximate surface area is 149 Å². The van der Waals surface area contributed by atoms with Gasteiger partial charge in [0.2, 0.25) is 0 Å². The molecule has 1 saturated carbocycles. The highest BCUT2D eigenvalue weighted by atomic mass is 16.3. The van der Waals surface area contributed by atoms with Gasteiger partial charge in [0.15, 0.2) is 11.5 Å². The third kappa shape index (κ3) is 3.10. The minimum absolute atomic E-state index is 0.0884. The number of hydrogen-bond acceptors (Lipinski definition) is 3. The molecule has 1 aliphatic carbocycles. The topological polar surface area (TPSA) is 57.6 Å². The number of Topliss-reactive ketones (excluding diaryl/α,β-unsaturated/α-hetero) is 1. The third-order valence-corrected chi connectivity index (χ3v) is 5.25. The molecule has 1 N–H and O–H groups in total. The first kappa shape index (κ1) is 17.7. The number of ketones is 1. The minimum Gasteiger partial charge on any atom is -0.503 e. The second kappa shape index (κ2) is 6.32. The van der Waals surface area contributed by atoms with Crippen LogP contribution in [0.25, 0.3) is 0 Å². The fraction of sp³-hybridized carbons (Fsp3) is 0.524. The molecule has 3 rings (SSSR count). The standard InChI is InChI=1S/C21H27NO3/c1-13-8-7-9-14(12-13)17-16(19(24)21(2,3)4)18(23)20(25)22(17)15-10-5-6-11-15/h7-9,12,15,17,23H,5-6,10-11H2,1-4H3. The molecule has 0 bridgehead atoms. The van der Waals surface area contributed by atoms with Crippen LogP contribution in [-0.2, 0) is 9.59 Å². The molecule has 2 aliphatic rings. The summed E-state index contributed by atoms with van der Waals surface area (Å²) in [6.45, 7) is 7.47. The fourth-order valence-electron chi connectivity index (χ4n) is 3.99. The van der Waals surface area contributed by atoms with E-state index in [0.717, 1.165) is 36.8 Å². The Balaban J connectivity index is 2.13. The number of aryl methyl sites for hydroxylation is 1. The summed E-state index contributed by atoms with van der Waals surface area (Å²) < 4.78 is 0. The molecule has 4 heteroatoms. The second-order valence-electron chi connectivity index (χ2n) is 8.31. The average Bonchev–Trinajstić information content (AvgIpc) is 3.13. The van der Waals surface area contributed by atoms with E-state index in [9.17, 15) is 14.7 Å². The molecule has 1 unspecified atom stereocenters. The van der Waals surface area contributed by atoms with Crippen molar-refractivity contribution in [2.45, 2.75) is 65.5 Å². The Morgan fingerprint density at radius 3 is 2.40 bits per heavy atom. The van der Waals surface area contributed by atoms with Crippen molar-refractivity contribution in [2.75, 3.05) is 0 Å². The van der Waals surface area contributed by atoms with Crippen molar-refractivity contribution >= 4 is 11.7 Å². The summed E-state index contributed by atoms with van der Waals surface area (Å²) in [6, 6.07) is 7.49. The van der Waals surface area contributed by atoms with Gasteiger partial charge in [-0.25, -0.2) is 0 Å². The molecule has 25 heavy (non-hydrogen) atoms. The molecule has 1 amide bonds. The maximum atomic E-state index is 13.1. The Morgan fingerprint density at radius 1 is 1.20 bits per heavy atom. The molecule has 134 valence electrons. The van der Waals surface area contributed by atoms with Crippen LogP contribution in [0.3, 0.4) is 0 Å². The van der Waals surface area contributed by atoms with Crippen LogP contribution >= 0.6 is 0 Å². The molecule has 0 aromatic heterocycles. The molecule has 1 fully saturated rings. The van der Waals surface area contributed by atoms with Crippen molar-refractivity contribution in [1.29, 1.82) is 0 Å². The van der Waals surface area contributed by atoms with E-state index in [0.29, 0.717) is 0 Å². The molecule has 1 aromatic rings. The summed E-state index contributed by atoms with van der Waals surface area (Å²) in [5, 5.41) is 10.6. The van der Waals surface area contributed by atoms with E-state index in [1.807, 2.05) is 52.0 Å². The molecule has 1 aliphatic heterocycles. The molecule has 1 atom stereocenters. The van der Waals surface area contributed by atoms with Crippen molar-refractivity contribution in [2.24, 2.45) is 5.41 Å². The van der Waals surface area contributed by atoms with Gasteiger partial charge >= 0.3 is 0 Å². The summed E-state index contributed by atoms with van der Waals surface area (Å²) in [6.07, 6.45) is 4.02. The van der Waals surface area contributed by atoms with Crippen molar-refractivity contribution in [3.63, 3.8) is 0 Å². The Hall–Kier alpha value is -2.10. The van der Waals surface area contributed by atoms with E-state index in [1.54, 1.807) is 4.90 Å². The molecule has 0 radical (unpaired) electrons. The largest absolute Gasteiger partial charge is 0.503 e. The molecular formula is C21H27NO3. The van der Waals surface area contributed by atoms with Crippen molar-refractivity contribution < 1.29 is 14.7 Å². The van der Waals surface area contributed by atoms with Crippen LogP contribution in [-0.4, -0.2) is 27.7 Å². The lowest BCUT2D eigenvalue weighted by atomic mass is 9.82. The monoisotopic (exact) mass is 341 g/mol. The van der Waals surface area contributed by atoms with Gasteiger partial charge in [0.05, 0.1) is 11.6 Å². The quantitative estimate of drug-likeness (QED) is 0.894. The van der Waals surface area contributed by atoms with Gasteiger partial charge < -0.3 is 10.0 Å². The fourth-order valence-corrected chi connectivity index (χ4v) is 3.99. The van der Waals surface area contributed by atoms with E-state index in [2.05, 4.69) is 0 Å². The maximum Gasteiger partial charge on any atom is 0.290 e. The Bertz CT molecular complexity index is 736. The first-order valence-electron chi connectivity index (χ1n) is 9.09. The van der Waals surface area contributed by atoms with Crippen LogP contribution in [0.5, 0.6) is 0 Å². The SMILES string of the molecule is Cc1cccc(C2C(C(=O)C(C)(C)C)=C(O)C(=O)N2C2CCCC2)c1. The highest BCUT2D eigenvalue weighted by molar-refractivity contribution is 6.10. The van der Waals surface area contributed by atoms with E-state index < -0.39 is 17.4 Å². The van der Waals surface area contributed by atoms with Gasteiger partial charge in [-0.2, -0.15) is 0 Å². The molecule has 1 heterocycles. The van der Waals surface area contributed by atoms with Crippen LogP contribution in [0.2, 0.25) is 0 Å². The van der Waals surface area contributed by atoms with E-state index in [-0.39, 0.29) is 23.2 Å². The van der Waals surface area contributed by atoms with Gasteiger partial charge in [-0.3, -0.25) is 9.59 Å². The lowest BCUT2D eigenvalue weighted by Crippen LogP contribution is -2.39. The van der Waals surface area contributed by atoms with Crippen LogP contribution in [0.1, 0.15) is 63.6 Å². The Kier molecular flexibility index (Phi) is 4.48. The number of hydrogen-bond donors (Lipinski definition) is 1. The van der Waals surface area contributed by atoms with Crippen molar-refractivity contribution in [3.05, 3.63) is 46.7 Å². The molecular weight excluding hydrogens is 314 g/mol. The van der Waals surface area contributed by atoms with Gasteiger partial charge in [0.1, 0.15) is 0 Å². The molecule has 0 saturated heterocycles. The summed E-state index contributed by atoms with van der Waals surface area (Å²) >= 11 is 0. The zero-order chi connectivity index (χ0) is 18.4. The van der Waals surface area contributed by atoms with Gasteiger partial charge in [0, 0.05) is 11.5 Å². The van der Waals surface area contributed by atoms with Crippen molar-refractivity contribution in [3.8, 4) is 0 Å². The van der Waals surface area contributed by atoms with E-state index in [1.165, 1.54) is 0 Å². The number of aliphatic hydroxyl groups excluding tert-OH is 1. The predicted molar refractivity (Wildman–Crippen MR) is 97.1 cm³/mol. The normalized spacial score (nSPS) is 22.2. The van der Waals surface area contributed by atoms with E-state index in [4.69, 9.17) is 0 Å². The number of carbonyl (C=O) groups is 2. The number of aliphatic hydroxyl groups is 1. The van der Waals surface area contributed by atoms with Crippen LogP contribution in [0, 0.1) is 12.3 Å². The lowest BCUT2D eigenvalue weighted by Gasteiger charge is -2.33. The summed E-state index contributed by atoms with van der Waals surface area (Å²) in [5.41, 5.74) is 1.58. The third-order valence-electron chi connectivity index (χ3n) is 5.25. The summed E-state index contributed by atoms with van der Waals surface area (Å²) in [7, 11) is 0. The van der Waals surface area contributed by atoms with Gasteiger partial charge in [-0.05, 0) is 25.3 Å². The van der Waals surface area contributed by atoms with Crippen molar-refractivity contribution in [1.82, 2.24) is 4.90 Å². The minimum atomic E-state index is -0.655. The van der Waals surface area contributed by atoms with Gasteiger partial charge in [-0.15, -0.1) is 0 Å². The number of benzene rings is 1. The van der Waals surface area contributed by atoms with Crippen LogP contribution in [0.4, 0.5) is 0 Å². The summed E-state index contributed by atoms with van der Waals surface area (Å²) in [4.78, 5) is 27.7. The smallest absolute Gasteiger partial charge is 0.290 e. The first-order valence-corrected chi connectivity index (χ1v) is 9.09. The Morgan fingerprint density at radius 2 is 1.84 bits per heavy atom. The molecule has 1 aromatic carbocycles. The van der Waals surface area contributed by atoms with Gasteiger partial charge in [0.25, 0.3) is 5.91 Å². The lowest BCUT2D eigenvalue weighted by molar-refractivity contribution is -0.131. The number of rotatable bonds is 3. The first-order chi connectivity index (χ1) is 11.7. The van der Waals surface area contributed by atoms with Gasteiger partial charge in [-0.1, -0.05) is 63.4 Å². The summed E-state index contributed by atoms with van der Waals surface area (Å²) in [5.74, 6) is -0.922. The molecule has 4 nitrogen and oxygen atoms in total. The number of amides is 1. The highest BCUT2D eigenvalue weighted by Gasteiger charge is 2.48. The average molecular weight is 341 g/mol. The zero-order valence-electron chi connectivity index (χ0n) is 15.5. The zero-order valence-corrected chi connectivity index (χ0v) is 15.5. The maximum absolute atomic E-state index is 13.1. The number of nitrogens with zero attached hydrogens (tertiary/aromatic N) is 1. The highest BCUT2D eigenvalue weighted by Crippen LogP contribution is 2.44. The second-order valence-corrected chi connectivity index (χ2v) is 8.31. The molecule has 0 spiro atoms. The predicted octanol–water partition coefficient (Wildman–Crippen LogP) is 4.25.